The molecular formula is C47H63N5O4. The summed E-state index contributed by atoms with van der Waals surface area (Å²) in [5.74, 6) is 0.0216. The maximum atomic E-state index is 12.4. The van der Waals surface area contributed by atoms with Crippen LogP contribution in [-0.2, 0) is 61.1 Å². The molecular weight excluding hydrogens is 699 g/mol. The highest BCUT2D eigenvalue weighted by atomic mass is 16.6. The Morgan fingerprint density at radius 3 is 1.61 bits per heavy atom. The molecule has 0 unspecified atom stereocenters. The van der Waals surface area contributed by atoms with E-state index in [0.29, 0.717) is 31.3 Å². The van der Waals surface area contributed by atoms with E-state index in [4.69, 9.17) is 20.4 Å². The lowest BCUT2D eigenvalue weighted by Crippen LogP contribution is -2.32. The predicted molar refractivity (Wildman–Crippen MR) is 226 cm³/mol. The van der Waals surface area contributed by atoms with Crippen LogP contribution in [0.25, 0.3) is 22.3 Å². The fourth-order valence-electron chi connectivity index (χ4n) is 6.87. The summed E-state index contributed by atoms with van der Waals surface area (Å²) in [4.78, 5) is 33.6. The van der Waals surface area contributed by atoms with Crippen molar-refractivity contribution in [2.75, 3.05) is 0 Å². The van der Waals surface area contributed by atoms with Gasteiger partial charge in [0, 0.05) is 41.4 Å². The van der Waals surface area contributed by atoms with Crippen LogP contribution in [0.5, 0.6) is 0 Å². The maximum Gasteiger partial charge on any atom is 0.407 e. The molecule has 0 aliphatic rings. The highest BCUT2D eigenvalue weighted by molar-refractivity contribution is 5.80. The molecule has 0 aliphatic carbocycles. The van der Waals surface area contributed by atoms with Gasteiger partial charge in [-0.2, -0.15) is 5.26 Å². The van der Waals surface area contributed by atoms with Crippen LogP contribution < -0.4 is 11.1 Å². The molecule has 0 fully saturated rings. The first-order valence-corrected chi connectivity index (χ1v) is 19.9. The van der Waals surface area contributed by atoms with Gasteiger partial charge in [-0.05, 0) is 111 Å². The minimum atomic E-state index is -0.843. The maximum absolute atomic E-state index is 12.4. The van der Waals surface area contributed by atoms with Crippen LogP contribution in [0.4, 0.5) is 4.79 Å². The lowest BCUT2D eigenvalue weighted by molar-refractivity contribution is -0.136. The Labute approximate surface area is 335 Å². The molecule has 1 amide bonds. The fourth-order valence-corrected chi connectivity index (χ4v) is 6.87. The number of hydrogen-bond donors (Lipinski definition) is 3. The molecule has 0 bridgehead atoms. The van der Waals surface area contributed by atoms with Gasteiger partial charge in [-0.15, -0.1) is 0 Å². The third-order valence-electron chi connectivity index (χ3n) is 9.29. The number of carboxylic acids is 1. The number of carbonyl (C=O) groups is 2. The number of rotatable bonds is 14. The minimum absolute atomic E-state index is 0.0334. The van der Waals surface area contributed by atoms with Crippen molar-refractivity contribution in [3.05, 3.63) is 105 Å². The molecule has 9 nitrogen and oxygen atoms in total. The summed E-state index contributed by atoms with van der Waals surface area (Å²) in [7, 11) is 0. The number of aromatic nitrogens is 2. The van der Waals surface area contributed by atoms with Gasteiger partial charge in [0.05, 0.1) is 18.9 Å². The van der Waals surface area contributed by atoms with Crippen LogP contribution in [0.2, 0.25) is 0 Å². The third-order valence-corrected chi connectivity index (χ3v) is 9.29. The number of carboxylic acid groups (broad SMARTS) is 1. The number of alkyl carbamates (subject to hydrolysis) is 1. The molecule has 56 heavy (non-hydrogen) atoms. The molecule has 4 N–H and O–H groups in total. The second-order valence-electron chi connectivity index (χ2n) is 16.3. The number of ether oxygens (including phenoxy) is 1. The Balaban J connectivity index is 0.000000307. The summed E-state index contributed by atoms with van der Waals surface area (Å²) in [6, 6.07) is 18.8. The van der Waals surface area contributed by atoms with E-state index in [2.05, 4.69) is 77.2 Å². The van der Waals surface area contributed by atoms with E-state index in [1.54, 1.807) is 0 Å². The number of amides is 1. The minimum Gasteiger partial charge on any atom is -0.481 e. The van der Waals surface area contributed by atoms with Crippen molar-refractivity contribution in [2.24, 2.45) is 17.6 Å². The van der Waals surface area contributed by atoms with Crippen molar-refractivity contribution in [3.8, 4) is 28.3 Å². The molecule has 0 radical (unpaired) electrons. The predicted octanol–water partition coefficient (Wildman–Crippen LogP) is 9.81. The van der Waals surface area contributed by atoms with Gasteiger partial charge in [0.2, 0.25) is 0 Å². The zero-order valence-corrected chi connectivity index (χ0v) is 35.5. The van der Waals surface area contributed by atoms with E-state index >= 15 is 0 Å². The summed E-state index contributed by atoms with van der Waals surface area (Å²) in [5, 5.41) is 21.9. The van der Waals surface area contributed by atoms with Gasteiger partial charge in [-0.25, -0.2) is 4.79 Å². The number of nitrogens with zero attached hydrogens (tertiary/aromatic N) is 3. The molecule has 2 aromatic heterocycles. The second kappa shape index (κ2) is 20.7. The van der Waals surface area contributed by atoms with Crippen molar-refractivity contribution in [3.63, 3.8) is 0 Å². The number of aryl methyl sites for hydroxylation is 4. The van der Waals surface area contributed by atoms with E-state index in [1.165, 1.54) is 11.1 Å². The molecule has 2 heterocycles. The molecule has 2 aromatic carbocycles. The van der Waals surface area contributed by atoms with Crippen molar-refractivity contribution < 1.29 is 19.4 Å². The average molecular weight is 762 g/mol. The van der Waals surface area contributed by atoms with Crippen LogP contribution in [0.3, 0.4) is 0 Å². The summed E-state index contributed by atoms with van der Waals surface area (Å²) in [6.07, 6.45) is 2.88. The van der Waals surface area contributed by atoms with Gasteiger partial charge in [-0.1, -0.05) is 101 Å². The fraction of sp³-hybridized carbons (Fsp3) is 0.468. The number of carbonyl (C=O) groups excluding carboxylic acids is 1. The topological polar surface area (TPSA) is 151 Å². The van der Waals surface area contributed by atoms with Crippen LogP contribution in [0.15, 0.2) is 48.5 Å². The summed E-state index contributed by atoms with van der Waals surface area (Å²) >= 11 is 0. The second-order valence-corrected chi connectivity index (χ2v) is 16.3. The quantitative estimate of drug-likeness (QED) is 0.115. The molecule has 0 atom stereocenters. The van der Waals surface area contributed by atoms with Gasteiger partial charge in [-0.3, -0.25) is 14.8 Å². The van der Waals surface area contributed by atoms with Gasteiger partial charge < -0.3 is 20.9 Å². The summed E-state index contributed by atoms with van der Waals surface area (Å²) in [6.45, 7) is 23.0. The van der Waals surface area contributed by atoms with Crippen LogP contribution in [0.1, 0.15) is 118 Å². The highest BCUT2D eigenvalue weighted by Gasteiger charge is 2.24. The molecule has 9 heteroatoms. The largest absolute Gasteiger partial charge is 0.481 e. The number of hydrogen-bond acceptors (Lipinski definition) is 7. The zero-order valence-electron chi connectivity index (χ0n) is 35.5. The number of nitrogens with two attached hydrogens (primary N) is 1. The monoisotopic (exact) mass is 761 g/mol. The Morgan fingerprint density at radius 1 is 0.768 bits per heavy atom. The van der Waals surface area contributed by atoms with Gasteiger partial charge in [0.25, 0.3) is 0 Å². The normalized spacial score (nSPS) is 11.2. The lowest BCUT2D eigenvalue weighted by atomic mass is 9.88. The Morgan fingerprint density at radius 2 is 1.21 bits per heavy atom. The summed E-state index contributed by atoms with van der Waals surface area (Å²) < 4.78 is 5.44. The number of benzene rings is 2. The average Bonchev–Trinajstić information content (AvgIpc) is 3.11. The molecule has 0 aliphatic heterocycles. The first-order valence-electron chi connectivity index (χ1n) is 19.9. The Bertz CT molecular complexity index is 1990. The first-order chi connectivity index (χ1) is 26.4. The molecule has 0 spiro atoms. The molecule has 4 aromatic rings. The molecule has 4 rings (SSSR count). The molecule has 0 saturated carbocycles. The SMILES string of the molecule is CCc1nc(CC(C)C)c(CN)c(-c2ccc(C)cc2)c1CC(=O)O.CCc1nc(CC(C)C)c(CNC(=O)OC(C)(C)C)c(-c2ccc(C)cc2)c1CC#N. The van der Waals surface area contributed by atoms with Crippen molar-refractivity contribution in [2.45, 2.75) is 133 Å². The van der Waals surface area contributed by atoms with E-state index < -0.39 is 17.7 Å². The number of aliphatic carboxylic acids is 1. The van der Waals surface area contributed by atoms with E-state index in [-0.39, 0.29) is 12.8 Å². The number of nitriles is 1. The van der Waals surface area contributed by atoms with Crippen LogP contribution >= 0.6 is 0 Å². The molecule has 300 valence electrons. The Hall–Kier alpha value is -5.07. The number of pyridine rings is 2. The standard InChI is InChI=1S/C26H35N3O2.C21H28N2O2/c1-8-22-20(13-14-27)24(19-11-9-18(4)10-12-19)21(23(29-22)15-17(2)3)16-28-25(30)31-26(5,6)7;1-5-18-16(11-20(24)25)21(15-8-6-14(4)7-9-15)17(12-22)19(23-18)10-13(2)3/h9-12,17H,8,13,15-16H2,1-7H3,(H,28,30);6-9,13H,5,10-12,22H2,1-4H3,(H,24,25). The van der Waals surface area contributed by atoms with Crippen molar-refractivity contribution in [1.29, 1.82) is 5.26 Å². The van der Waals surface area contributed by atoms with Crippen molar-refractivity contribution >= 4 is 12.1 Å². The van der Waals surface area contributed by atoms with E-state index in [0.717, 1.165) is 86.5 Å². The Kier molecular flexibility index (Phi) is 16.8. The zero-order chi connectivity index (χ0) is 41.7. The van der Waals surface area contributed by atoms with Gasteiger partial charge in [0.1, 0.15) is 5.60 Å². The first kappa shape index (κ1) is 45.3. The van der Waals surface area contributed by atoms with Crippen LogP contribution in [-0.4, -0.2) is 32.7 Å². The van der Waals surface area contributed by atoms with Crippen molar-refractivity contribution in [1.82, 2.24) is 15.3 Å². The summed E-state index contributed by atoms with van der Waals surface area (Å²) in [5.41, 5.74) is 19.4. The molecule has 0 saturated heterocycles. The van der Waals surface area contributed by atoms with Crippen LogP contribution in [0, 0.1) is 37.0 Å². The van der Waals surface area contributed by atoms with E-state index in [1.807, 2.05) is 58.9 Å². The number of nitrogens with one attached hydrogen (secondary N) is 1. The smallest absolute Gasteiger partial charge is 0.407 e. The van der Waals surface area contributed by atoms with Gasteiger partial charge >= 0.3 is 12.1 Å². The lowest BCUT2D eigenvalue weighted by Gasteiger charge is -2.23. The highest BCUT2D eigenvalue weighted by Crippen LogP contribution is 2.35. The van der Waals surface area contributed by atoms with Gasteiger partial charge in [0.15, 0.2) is 0 Å². The van der Waals surface area contributed by atoms with E-state index in [9.17, 15) is 20.0 Å². The third kappa shape index (κ3) is 12.7.